The second kappa shape index (κ2) is 9.30. The van der Waals surface area contributed by atoms with Crippen LogP contribution in [-0.2, 0) is 6.42 Å². The third kappa shape index (κ3) is 5.10. The molecule has 0 aliphatic rings. The normalized spacial score (nSPS) is 10.6. The predicted molar refractivity (Wildman–Crippen MR) is 119 cm³/mol. The first-order chi connectivity index (χ1) is 15.5. The Morgan fingerprint density at radius 1 is 1.00 bits per heavy atom. The molecule has 0 bridgehead atoms. The van der Waals surface area contributed by atoms with Gasteiger partial charge in [0.05, 0.1) is 13.5 Å². The number of nitrogens with zero attached hydrogens (tertiary/aromatic N) is 2. The van der Waals surface area contributed by atoms with E-state index in [1.54, 1.807) is 24.3 Å². The van der Waals surface area contributed by atoms with Gasteiger partial charge in [0.25, 0.3) is 0 Å². The molecule has 0 unspecified atom stereocenters. The van der Waals surface area contributed by atoms with Crippen molar-refractivity contribution >= 4 is 17.4 Å². The molecule has 2 amide bonds. The first-order valence-electron chi connectivity index (χ1n) is 9.90. The zero-order valence-corrected chi connectivity index (χ0v) is 17.6. The quantitative estimate of drug-likeness (QED) is 0.424. The maximum Gasteiger partial charge on any atom is 0.323 e. The highest BCUT2D eigenvalue weighted by Crippen LogP contribution is 2.24. The van der Waals surface area contributed by atoms with E-state index in [9.17, 15) is 9.18 Å². The maximum absolute atomic E-state index is 13.8. The van der Waals surface area contributed by atoms with Gasteiger partial charge >= 0.3 is 6.03 Å². The molecule has 1 heterocycles. The summed E-state index contributed by atoms with van der Waals surface area (Å²) in [7, 11) is 1.38. The average molecular weight is 432 g/mol. The second-order valence-corrected chi connectivity index (χ2v) is 7.17. The monoisotopic (exact) mass is 432 g/mol. The summed E-state index contributed by atoms with van der Waals surface area (Å²) in [5.41, 5.74) is 3.75. The maximum atomic E-state index is 13.8. The van der Waals surface area contributed by atoms with Crippen LogP contribution in [-0.4, -0.2) is 23.3 Å². The van der Waals surface area contributed by atoms with Crippen LogP contribution in [0, 0.1) is 12.7 Å². The lowest BCUT2D eigenvalue weighted by Crippen LogP contribution is -2.19. The predicted octanol–water partition coefficient (Wildman–Crippen LogP) is 5.43. The number of aryl methyl sites for hydroxylation is 1. The van der Waals surface area contributed by atoms with Crippen LogP contribution < -0.4 is 15.4 Å². The smallest absolute Gasteiger partial charge is 0.323 e. The van der Waals surface area contributed by atoms with Crippen molar-refractivity contribution < 1.29 is 18.3 Å². The Bertz CT molecular complexity index is 1240. The van der Waals surface area contributed by atoms with Crippen LogP contribution in [0.15, 0.2) is 71.1 Å². The molecule has 0 radical (unpaired) electrons. The van der Waals surface area contributed by atoms with Gasteiger partial charge in [-0.2, -0.15) is 0 Å². The number of anilines is 2. The van der Waals surface area contributed by atoms with Gasteiger partial charge in [0.2, 0.25) is 11.8 Å². The van der Waals surface area contributed by atoms with Gasteiger partial charge < -0.3 is 19.8 Å². The summed E-state index contributed by atoms with van der Waals surface area (Å²) in [6.07, 6.45) is 0.534. The number of carbonyl (C=O) groups excluding carboxylic acids is 1. The minimum Gasteiger partial charge on any atom is -0.494 e. The molecule has 8 heteroatoms. The summed E-state index contributed by atoms with van der Waals surface area (Å²) >= 11 is 0. The van der Waals surface area contributed by atoms with Crippen molar-refractivity contribution in [2.75, 3.05) is 17.7 Å². The van der Waals surface area contributed by atoms with E-state index in [1.165, 1.54) is 24.8 Å². The number of urea groups is 1. The number of rotatable bonds is 6. The Morgan fingerprint density at radius 3 is 2.47 bits per heavy atom. The third-order valence-electron chi connectivity index (χ3n) is 4.72. The summed E-state index contributed by atoms with van der Waals surface area (Å²) in [5, 5.41) is 13.5. The molecule has 0 fully saturated rings. The molecule has 0 aliphatic heterocycles. The van der Waals surface area contributed by atoms with E-state index in [1.807, 2.05) is 37.3 Å². The molecule has 162 valence electrons. The van der Waals surface area contributed by atoms with Crippen LogP contribution in [0.5, 0.6) is 5.75 Å². The number of hydrogen-bond donors (Lipinski definition) is 2. The van der Waals surface area contributed by atoms with Gasteiger partial charge in [-0.3, -0.25) is 0 Å². The highest BCUT2D eigenvalue weighted by molar-refractivity contribution is 6.00. The van der Waals surface area contributed by atoms with E-state index in [-0.39, 0.29) is 5.75 Å². The van der Waals surface area contributed by atoms with E-state index >= 15 is 0 Å². The summed E-state index contributed by atoms with van der Waals surface area (Å²) in [4.78, 5) is 12.3. The topological polar surface area (TPSA) is 89.3 Å². The summed E-state index contributed by atoms with van der Waals surface area (Å²) in [6.45, 7) is 2.03. The summed E-state index contributed by atoms with van der Waals surface area (Å²) < 4.78 is 24.5. The van der Waals surface area contributed by atoms with Crippen molar-refractivity contribution in [1.29, 1.82) is 0 Å². The number of methoxy groups -OCH3 is 1. The van der Waals surface area contributed by atoms with Crippen molar-refractivity contribution in [2.24, 2.45) is 0 Å². The molecule has 0 saturated heterocycles. The number of aromatic nitrogens is 2. The molecule has 7 nitrogen and oxygen atoms in total. The SMILES string of the molecule is COc1ccc(NC(=O)Nc2cccc(-c3nnc(Cc4ccc(C)cc4)o3)c2)cc1F. The van der Waals surface area contributed by atoms with E-state index < -0.39 is 11.8 Å². The van der Waals surface area contributed by atoms with Crippen LogP contribution in [0.3, 0.4) is 0 Å². The number of nitrogens with one attached hydrogen (secondary N) is 2. The first-order valence-corrected chi connectivity index (χ1v) is 9.90. The zero-order valence-electron chi connectivity index (χ0n) is 17.6. The van der Waals surface area contributed by atoms with Gasteiger partial charge in [0.15, 0.2) is 11.6 Å². The van der Waals surface area contributed by atoms with E-state index in [4.69, 9.17) is 9.15 Å². The molecular weight excluding hydrogens is 411 g/mol. The van der Waals surface area contributed by atoms with E-state index in [2.05, 4.69) is 20.8 Å². The van der Waals surface area contributed by atoms with E-state index in [0.717, 1.165) is 5.56 Å². The van der Waals surface area contributed by atoms with Crippen molar-refractivity contribution in [1.82, 2.24) is 10.2 Å². The molecule has 2 N–H and O–H groups in total. The van der Waals surface area contributed by atoms with Gasteiger partial charge in [-0.05, 0) is 42.8 Å². The number of amides is 2. The Labute approximate surface area is 184 Å². The minimum atomic E-state index is -0.565. The van der Waals surface area contributed by atoms with Gasteiger partial charge in [-0.1, -0.05) is 35.9 Å². The lowest BCUT2D eigenvalue weighted by Gasteiger charge is -2.09. The van der Waals surface area contributed by atoms with Crippen molar-refractivity contribution in [2.45, 2.75) is 13.3 Å². The van der Waals surface area contributed by atoms with E-state index in [0.29, 0.717) is 35.1 Å². The molecular formula is C24H21FN4O3. The molecule has 4 rings (SSSR count). The number of carbonyl (C=O) groups is 1. The standard InChI is InChI=1S/C24H21FN4O3/c1-15-6-8-16(9-7-15)12-22-28-29-23(32-22)17-4-3-5-18(13-17)26-24(30)27-19-10-11-21(31-2)20(25)14-19/h3-11,13-14H,12H2,1-2H3,(H2,26,27,30). The fourth-order valence-electron chi connectivity index (χ4n) is 3.09. The number of benzene rings is 3. The van der Waals surface area contributed by atoms with Crippen LogP contribution >= 0.6 is 0 Å². The second-order valence-electron chi connectivity index (χ2n) is 7.17. The Kier molecular flexibility index (Phi) is 6.12. The fourth-order valence-corrected chi connectivity index (χ4v) is 3.09. The Balaban J connectivity index is 1.42. The van der Waals surface area contributed by atoms with Crippen molar-refractivity contribution in [3.63, 3.8) is 0 Å². The molecule has 0 saturated carbocycles. The van der Waals surface area contributed by atoms with Crippen LogP contribution in [0.25, 0.3) is 11.5 Å². The highest BCUT2D eigenvalue weighted by Gasteiger charge is 2.11. The van der Waals surface area contributed by atoms with Crippen LogP contribution in [0.1, 0.15) is 17.0 Å². The summed E-state index contributed by atoms with van der Waals surface area (Å²) in [5.74, 6) is 0.394. The van der Waals surface area contributed by atoms with Crippen molar-refractivity contribution in [3.8, 4) is 17.2 Å². The number of hydrogen-bond acceptors (Lipinski definition) is 5. The van der Waals surface area contributed by atoms with Gasteiger partial charge in [-0.25, -0.2) is 9.18 Å². The lowest BCUT2D eigenvalue weighted by atomic mass is 10.1. The average Bonchev–Trinajstić information content (AvgIpc) is 3.24. The molecule has 4 aromatic rings. The molecule has 32 heavy (non-hydrogen) atoms. The molecule has 0 spiro atoms. The third-order valence-corrected chi connectivity index (χ3v) is 4.72. The Morgan fingerprint density at radius 2 is 1.75 bits per heavy atom. The first kappa shape index (κ1) is 21.0. The van der Waals surface area contributed by atoms with Gasteiger partial charge in [-0.15, -0.1) is 10.2 Å². The highest BCUT2D eigenvalue weighted by atomic mass is 19.1. The van der Waals surface area contributed by atoms with Gasteiger partial charge in [0, 0.05) is 23.0 Å². The number of halogens is 1. The van der Waals surface area contributed by atoms with Gasteiger partial charge in [0.1, 0.15) is 0 Å². The van der Waals surface area contributed by atoms with Crippen molar-refractivity contribution in [3.05, 3.63) is 89.6 Å². The van der Waals surface area contributed by atoms with Crippen LogP contribution in [0.4, 0.5) is 20.6 Å². The minimum absolute atomic E-state index is 0.102. The van der Waals surface area contributed by atoms with Crippen LogP contribution in [0.2, 0.25) is 0 Å². The molecule has 1 aromatic heterocycles. The largest absolute Gasteiger partial charge is 0.494 e. The Hall–Kier alpha value is -4.20. The fraction of sp³-hybridized carbons (Fsp3) is 0.125. The zero-order chi connectivity index (χ0) is 22.5. The lowest BCUT2D eigenvalue weighted by molar-refractivity contribution is 0.262. The molecule has 0 atom stereocenters. The molecule has 0 aliphatic carbocycles. The molecule has 3 aromatic carbocycles. The summed E-state index contributed by atoms with van der Waals surface area (Å²) in [6, 6.07) is 18.8. The number of ether oxygens (including phenoxy) is 1.